The Kier molecular flexibility index (Phi) is 4.19. The SMILES string of the molecule is CCCn1cccc1CNCc1cccs1. The topological polar surface area (TPSA) is 17.0 Å². The van der Waals surface area contributed by atoms with Gasteiger partial charge in [-0.25, -0.2) is 0 Å². The Morgan fingerprint density at radius 3 is 2.94 bits per heavy atom. The lowest BCUT2D eigenvalue weighted by atomic mass is 10.4. The van der Waals surface area contributed by atoms with E-state index in [0.717, 1.165) is 19.6 Å². The lowest BCUT2D eigenvalue weighted by Gasteiger charge is -2.08. The van der Waals surface area contributed by atoms with E-state index in [1.165, 1.54) is 17.0 Å². The molecule has 2 rings (SSSR count). The van der Waals surface area contributed by atoms with Gasteiger partial charge >= 0.3 is 0 Å². The maximum absolute atomic E-state index is 3.48. The second-order valence-electron chi connectivity index (χ2n) is 3.88. The Balaban J connectivity index is 1.82. The molecule has 0 aliphatic heterocycles. The first kappa shape index (κ1) is 11.4. The van der Waals surface area contributed by atoms with Crippen LogP contribution in [0.25, 0.3) is 0 Å². The summed E-state index contributed by atoms with van der Waals surface area (Å²) in [6.07, 6.45) is 3.35. The van der Waals surface area contributed by atoms with Crippen LogP contribution in [0.3, 0.4) is 0 Å². The molecule has 0 amide bonds. The molecular weight excluding hydrogens is 216 g/mol. The van der Waals surface area contributed by atoms with E-state index in [1.807, 2.05) is 0 Å². The molecule has 0 aromatic carbocycles. The summed E-state index contributed by atoms with van der Waals surface area (Å²) < 4.78 is 2.32. The average molecular weight is 234 g/mol. The molecule has 2 nitrogen and oxygen atoms in total. The average Bonchev–Trinajstić information content (AvgIpc) is 2.91. The number of thiophene rings is 1. The Morgan fingerprint density at radius 1 is 1.25 bits per heavy atom. The molecule has 2 aromatic heterocycles. The van der Waals surface area contributed by atoms with E-state index in [9.17, 15) is 0 Å². The number of hydrogen-bond donors (Lipinski definition) is 1. The van der Waals surface area contributed by atoms with Crippen LogP contribution in [0.1, 0.15) is 23.9 Å². The fraction of sp³-hybridized carbons (Fsp3) is 0.385. The minimum Gasteiger partial charge on any atom is -0.350 e. The summed E-state index contributed by atoms with van der Waals surface area (Å²) in [6, 6.07) is 8.58. The van der Waals surface area contributed by atoms with Crippen LogP contribution in [0, 0.1) is 0 Å². The minimum atomic E-state index is 0.949. The van der Waals surface area contributed by atoms with Crippen LogP contribution in [-0.2, 0) is 19.6 Å². The first-order chi connectivity index (χ1) is 7.90. The van der Waals surface area contributed by atoms with Gasteiger partial charge in [0, 0.05) is 36.4 Å². The van der Waals surface area contributed by atoms with Crippen LogP contribution >= 0.6 is 11.3 Å². The molecule has 0 atom stereocenters. The van der Waals surface area contributed by atoms with Gasteiger partial charge in [0.1, 0.15) is 0 Å². The lowest BCUT2D eigenvalue weighted by molar-refractivity contribution is 0.604. The summed E-state index contributed by atoms with van der Waals surface area (Å²) in [5, 5.41) is 5.60. The van der Waals surface area contributed by atoms with E-state index >= 15 is 0 Å². The number of rotatable bonds is 6. The highest BCUT2D eigenvalue weighted by Gasteiger charge is 1.99. The predicted octanol–water partition coefficient (Wildman–Crippen LogP) is 3.25. The van der Waals surface area contributed by atoms with E-state index in [4.69, 9.17) is 0 Å². The molecule has 3 heteroatoms. The number of aromatic nitrogens is 1. The fourth-order valence-electron chi connectivity index (χ4n) is 1.80. The summed E-state index contributed by atoms with van der Waals surface area (Å²) in [7, 11) is 0. The molecule has 0 saturated carbocycles. The van der Waals surface area contributed by atoms with Crippen molar-refractivity contribution in [2.75, 3.05) is 0 Å². The van der Waals surface area contributed by atoms with Gasteiger partial charge in [-0.15, -0.1) is 11.3 Å². The van der Waals surface area contributed by atoms with Gasteiger partial charge in [-0.3, -0.25) is 0 Å². The van der Waals surface area contributed by atoms with Crippen LogP contribution in [0.4, 0.5) is 0 Å². The summed E-state index contributed by atoms with van der Waals surface area (Å²) in [5.74, 6) is 0. The molecule has 1 N–H and O–H groups in total. The van der Waals surface area contributed by atoms with Gasteiger partial charge < -0.3 is 9.88 Å². The Hall–Kier alpha value is -1.06. The first-order valence-corrected chi connectivity index (χ1v) is 6.65. The maximum atomic E-state index is 3.48. The summed E-state index contributed by atoms with van der Waals surface area (Å²) in [4.78, 5) is 1.40. The zero-order valence-corrected chi connectivity index (χ0v) is 10.5. The largest absolute Gasteiger partial charge is 0.350 e. The normalized spacial score (nSPS) is 10.8. The molecular formula is C13H18N2S. The van der Waals surface area contributed by atoms with Crippen LogP contribution < -0.4 is 5.32 Å². The monoisotopic (exact) mass is 234 g/mol. The van der Waals surface area contributed by atoms with Crippen LogP contribution in [-0.4, -0.2) is 4.57 Å². The third kappa shape index (κ3) is 2.97. The third-order valence-electron chi connectivity index (χ3n) is 2.57. The van der Waals surface area contributed by atoms with Crippen LogP contribution in [0.2, 0.25) is 0 Å². The first-order valence-electron chi connectivity index (χ1n) is 5.77. The molecule has 2 aromatic rings. The van der Waals surface area contributed by atoms with Crippen molar-refractivity contribution in [3.8, 4) is 0 Å². The molecule has 0 fully saturated rings. The van der Waals surface area contributed by atoms with Gasteiger partial charge in [0.2, 0.25) is 0 Å². The van der Waals surface area contributed by atoms with Crippen LogP contribution in [0.15, 0.2) is 35.8 Å². The number of nitrogens with zero attached hydrogens (tertiary/aromatic N) is 1. The van der Waals surface area contributed by atoms with Crippen molar-refractivity contribution in [3.63, 3.8) is 0 Å². The molecule has 16 heavy (non-hydrogen) atoms. The van der Waals surface area contributed by atoms with Crippen molar-refractivity contribution < 1.29 is 0 Å². The fourth-order valence-corrected chi connectivity index (χ4v) is 2.47. The predicted molar refractivity (Wildman–Crippen MR) is 69.6 cm³/mol. The Labute approximate surface area is 101 Å². The zero-order chi connectivity index (χ0) is 11.2. The van der Waals surface area contributed by atoms with E-state index < -0.39 is 0 Å². The van der Waals surface area contributed by atoms with Crippen molar-refractivity contribution in [2.24, 2.45) is 0 Å². The van der Waals surface area contributed by atoms with E-state index in [0.29, 0.717) is 0 Å². The highest BCUT2D eigenvalue weighted by molar-refractivity contribution is 7.09. The molecule has 2 heterocycles. The number of nitrogens with one attached hydrogen (secondary N) is 1. The third-order valence-corrected chi connectivity index (χ3v) is 3.45. The molecule has 0 unspecified atom stereocenters. The Bertz CT molecular complexity index is 403. The van der Waals surface area contributed by atoms with Crippen molar-refractivity contribution in [1.29, 1.82) is 0 Å². The summed E-state index contributed by atoms with van der Waals surface area (Å²) in [5.41, 5.74) is 1.37. The van der Waals surface area contributed by atoms with Gasteiger partial charge in [0.15, 0.2) is 0 Å². The second-order valence-corrected chi connectivity index (χ2v) is 4.91. The van der Waals surface area contributed by atoms with Crippen molar-refractivity contribution in [2.45, 2.75) is 33.0 Å². The molecule has 86 valence electrons. The highest BCUT2D eigenvalue weighted by atomic mass is 32.1. The van der Waals surface area contributed by atoms with Gasteiger partial charge in [-0.05, 0) is 30.0 Å². The van der Waals surface area contributed by atoms with Crippen molar-refractivity contribution in [3.05, 3.63) is 46.4 Å². The van der Waals surface area contributed by atoms with Crippen molar-refractivity contribution >= 4 is 11.3 Å². The van der Waals surface area contributed by atoms with E-state index in [-0.39, 0.29) is 0 Å². The smallest absolute Gasteiger partial charge is 0.0362 e. The second kappa shape index (κ2) is 5.87. The zero-order valence-electron chi connectivity index (χ0n) is 9.65. The van der Waals surface area contributed by atoms with Gasteiger partial charge in [0.05, 0.1) is 0 Å². The summed E-state index contributed by atoms with van der Waals surface area (Å²) >= 11 is 1.81. The molecule has 0 saturated heterocycles. The van der Waals surface area contributed by atoms with Crippen LogP contribution in [0.5, 0.6) is 0 Å². The molecule has 0 radical (unpaired) electrons. The molecule has 0 bridgehead atoms. The molecule has 0 aliphatic carbocycles. The van der Waals surface area contributed by atoms with Gasteiger partial charge in [-0.1, -0.05) is 13.0 Å². The standard InChI is InChI=1S/C13H18N2S/c1-2-7-15-8-3-5-12(15)10-14-11-13-6-4-9-16-13/h3-6,8-9,14H,2,7,10-11H2,1H3. The van der Waals surface area contributed by atoms with Gasteiger partial charge in [-0.2, -0.15) is 0 Å². The van der Waals surface area contributed by atoms with E-state index in [1.54, 1.807) is 11.3 Å². The van der Waals surface area contributed by atoms with Crippen molar-refractivity contribution in [1.82, 2.24) is 9.88 Å². The highest BCUT2D eigenvalue weighted by Crippen LogP contribution is 2.08. The Morgan fingerprint density at radius 2 is 2.19 bits per heavy atom. The maximum Gasteiger partial charge on any atom is 0.0362 e. The van der Waals surface area contributed by atoms with Gasteiger partial charge in [0.25, 0.3) is 0 Å². The minimum absolute atomic E-state index is 0.949. The van der Waals surface area contributed by atoms with E-state index in [2.05, 4.69) is 52.7 Å². The number of aryl methyl sites for hydroxylation is 1. The lowest BCUT2D eigenvalue weighted by Crippen LogP contribution is -2.15. The molecule has 0 aliphatic rings. The quantitative estimate of drug-likeness (QED) is 0.812. The number of hydrogen-bond acceptors (Lipinski definition) is 2. The molecule has 0 spiro atoms. The summed E-state index contributed by atoms with van der Waals surface area (Å²) in [6.45, 7) is 5.24.